The number of nitrogens with one attached hydrogen (secondary N) is 1. The zero-order valence-corrected chi connectivity index (χ0v) is 9.06. The molecule has 0 radical (unpaired) electrons. The lowest BCUT2D eigenvalue weighted by Crippen LogP contribution is -2.27. The van der Waals surface area contributed by atoms with Gasteiger partial charge in [0, 0.05) is 24.7 Å². The lowest BCUT2D eigenvalue weighted by Gasteiger charge is -2.11. The van der Waals surface area contributed by atoms with E-state index in [2.05, 4.69) is 5.32 Å². The fourth-order valence-electron chi connectivity index (χ4n) is 1.70. The van der Waals surface area contributed by atoms with E-state index in [9.17, 15) is 10.2 Å². The minimum atomic E-state index is -0.278. The number of hydrogen-bond donors (Lipinski definition) is 4. The normalized spacial score (nSPS) is 17.3. The third-order valence-corrected chi connectivity index (χ3v) is 2.90. The molecule has 1 unspecified atom stereocenters. The maximum atomic E-state index is 9.62. The number of phenols is 2. The average Bonchev–Trinajstić information content (AvgIpc) is 3.04. The summed E-state index contributed by atoms with van der Waals surface area (Å²) < 4.78 is 0. The van der Waals surface area contributed by atoms with E-state index in [0.717, 1.165) is 18.4 Å². The van der Waals surface area contributed by atoms with Crippen LogP contribution >= 0.6 is 0 Å². The Labute approximate surface area is 94.5 Å². The summed E-state index contributed by atoms with van der Waals surface area (Å²) in [4.78, 5) is 0. The Hall–Kier alpha value is -1.26. The summed E-state index contributed by atoms with van der Waals surface area (Å²) in [7, 11) is 0. The second-order valence-corrected chi connectivity index (χ2v) is 4.35. The van der Waals surface area contributed by atoms with Gasteiger partial charge in [0.1, 0.15) is 11.5 Å². The average molecular weight is 223 g/mol. The maximum absolute atomic E-state index is 9.62. The number of aliphatic hydroxyl groups excluding tert-OH is 1. The molecule has 1 aliphatic carbocycles. The van der Waals surface area contributed by atoms with E-state index in [1.807, 2.05) is 0 Å². The number of hydrogen-bond acceptors (Lipinski definition) is 4. The number of phenolic OH excluding ortho intramolecular Hbond substituents is 2. The van der Waals surface area contributed by atoms with E-state index >= 15 is 0 Å². The van der Waals surface area contributed by atoms with Gasteiger partial charge in [-0.05, 0) is 24.8 Å². The van der Waals surface area contributed by atoms with Gasteiger partial charge in [-0.25, -0.2) is 0 Å². The van der Waals surface area contributed by atoms with E-state index in [1.165, 1.54) is 12.1 Å². The minimum absolute atomic E-state index is 0.0549. The highest BCUT2D eigenvalue weighted by molar-refractivity contribution is 5.38. The minimum Gasteiger partial charge on any atom is -0.508 e. The van der Waals surface area contributed by atoms with E-state index in [0.29, 0.717) is 19.0 Å². The van der Waals surface area contributed by atoms with Gasteiger partial charge in [-0.2, -0.15) is 0 Å². The number of aromatic hydroxyl groups is 2. The van der Waals surface area contributed by atoms with Gasteiger partial charge in [0.2, 0.25) is 0 Å². The van der Waals surface area contributed by atoms with Gasteiger partial charge < -0.3 is 20.6 Å². The monoisotopic (exact) mass is 223 g/mol. The quantitative estimate of drug-likeness (QED) is 0.600. The standard InChI is InChI=1S/C12H17NO3/c14-10-4-3-9(11(15)5-10)6-13-7-12(16)8-1-2-8/h3-5,8,12-16H,1-2,6-7H2. The van der Waals surface area contributed by atoms with Crippen molar-refractivity contribution in [1.29, 1.82) is 0 Å². The van der Waals surface area contributed by atoms with E-state index in [1.54, 1.807) is 6.07 Å². The van der Waals surface area contributed by atoms with Crippen LogP contribution in [0.15, 0.2) is 18.2 Å². The fraction of sp³-hybridized carbons (Fsp3) is 0.500. The SMILES string of the molecule is Oc1ccc(CNCC(O)C2CC2)c(O)c1. The van der Waals surface area contributed by atoms with Crippen molar-refractivity contribution in [2.45, 2.75) is 25.5 Å². The summed E-state index contributed by atoms with van der Waals surface area (Å²) >= 11 is 0. The van der Waals surface area contributed by atoms with Crippen LogP contribution in [0.3, 0.4) is 0 Å². The van der Waals surface area contributed by atoms with Crippen LogP contribution in [0.2, 0.25) is 0 Å². The van der Waals surface area contributed by atoms with E-state index < -0.39 is 0 Å². The summed E-state index contributed by atoms with van der Waals surface area (Å²) in [6, 6.07) is 4.52. The third kappa shape index (κ3) is 2.87. The van der Waals surface area contributed by atoms with Crippen LogP contribution in [0.4, 0.5) is 0 Å². The molecule has 0 amide bonds. The molecule has 1 atom stereocenters. The van der Waals surface area contributed by atoms with Crippen LogP contribution in [-0.4, -0.2) is 28.0 Å². The molecule has 16 heavy (non-hydrogen) atoms. The molecule has 1 saturated carbocycles. The third-order valence-electron chi connectivity index (χ3n) is 2.90. The lowest BCUT2D eigenvalue weighted by atomic mass is 10.2. The van der Waals surface area contributed by atoms with Crippen molar-refractivity contribution in [2.75, 3.05) is 6.54 Å². The number of aliphatic hydroxyl groups is 1. The highest BCUT2D eigenvalue weighted by atomic mass is 16.3. The van der Waals surface area contributed by atoms with Crippen molar-refractivity contribution in [3.05, 3.63) is 23.8 Å². The Bertz CT molecular complexity index is 363. The van der Waals surface area contributed by atoms with Crippen molar-refractivity contribution >= 4 is 0 Å². The van der Waals surface area contributed by atoms with Crippen LogP contribution in [0.25, 0.3) is 0 Å². The van der Waals surface area contributed by atoms with Crippen molar-refractivity contribution in [2.24, 2.45) is 5.92 Å². The van der Waals surface area contributed by atoms with Gasteiger partial charge in [-0.1, -0.05) is 6.07 Å². The van der Waals surface area contributed by atoms with Crippen LogP contribution in [0, 0.1) is 5.92 Å². The maximum Gasteiger partial charge on any atom is 0.123 e. The van der Waals surface area contributed by atoms with Gasteiger partial charge in [-0.15, -0.1) is 0 Å². The molecule has 88 valence electrons. The molecular formula is C12H17NO3. The summed E-state index contributed by atoms with van der Waals surface area (Å²) in [5.74, 6) is 0.591. The Morgan fingerprint density at radius 3 is 2.69 bits per heavy atom. The second kappa shape index (κ2) is 4.72. The van der Waals surface area contributed by atoms with Crippen LogP contribution in [-0.2, 0) is 6.54 Å². The van der Waals surface area contributed by atoms with Crippen LogP contribution < -0.4 is 5.32 Å². The largest absolute Gasteiger partial charge is 0.508 e. The first kappa shape index (κ1) is 11.2. The molecule has 0 heterocycles. The Morgan fingerprint density at radius 1 is 1.31 bits per heavy atom. The van der Waals surface area contributed by atoms with Gasteiger partial charge >= 0.3 is 0 Å². The lowest BCUT2D eigenvalue weighted by molar-refractivity contribution is 0.148. The number of benzene rings is 1. The van der Waals surface area contributed by atoms with E-state index in [-0.39, 0.29) is 17.6 Å². The molecule has 1 aliphatic rings. The molecule has 0 saturated heterocycles. The first-order valence-corrected chi connectivity index (χ1v) is 5.56. The van der Waals surface area contributed by atoms with Crippen molar-refractivity contribution in [3.8, 4) is 11.5 Å². The number of rotatable bonds is 5. The molecule has 1 fully saturated rings. The van der Waals surface area contributed by atoms with Crippen LogP contribution in [0.5, 0.6) is 11.5 Å². The second-order valence-electron chi connectivity index (χ2n) is 4.35. The van der Waals surface area contributed by atoms with Crippen molar-refractivity contribution in [1.82, 2.24) is 5.32 Å². The zero-order valence-electron chi connectivity index (χ0n) is 9.06. The molecule has 4 N–H and O–H groups in total. The highest BCUT2D eigenvalue weighted by Gasteiger charge is 2.29. The van der Waals surface area contributed by atoms with Crippen molar-refractivity contribution in [3.63, 3.8) is 0 Å². The van der Waals surface area contributed by atoms with Gasteiger partial charge in [0.15, 0.2) is 0 Å². The zero-order chi connectivity index (χ0) is 11.5. The molecule has 0 aliphatic heterocycles. The van der Waals surface area contributed by atoms with Gasteiger partial charge in [0.25, 0.3) is 0 Å². The predicted octanol–water partition coefficient (Wildman–Crippen LogP) is 0.958. The molecule has 0 bridgehead atoms. The fourth-order valence-corrected chi connectivity index (χ4v) is 1.70. The first-order valence-electron chi connectivity index (χ1n) is 5.56. The molecule has 1 aromatic carbocycles. The summed E-state index contributed by atoms with van der Waals surface area (Å²) in [5.41, 5.74) is 0.723. The summed E-state index contributed by atoms with van der Waals surface area (Å²) in [6.07, 6.45) is 1.96. The Morgan fingerprint density at radius 2 is 2.06 bits per heavy atom. The molecule has 4 heteroatoms. The smallest absolute Gasteiger partial charge is 0.123 e. The van der Waals surface area contributed by atoms with Crippen molar-refractivity contribution < 1.29 is 15.3 Å². The molecule has 4 nitrogen and oxygen atoms in total. The Kier molecular flexibility index (Phi) is 3.31. The molecule has 2 rings (SSSR count). The molecular weight excluding hydrogens is 206 g/mol. The predicted molar refractivity (Wildman–Crippen MR) is 60.2 cm³/mol. The molecule has 1 aromatic rings. The van der Waals surface area contributed by atoms with Crippen LogP contribution in [0.1, 0.15) is 18.4 Å². The molecule has 0 spiro atoms. The molecule has 0 aromatic heterocycles. The highest BCUT2D eigenvalue weighted by Crippen LogP contribution is 2.32. The van der Waals surface area contributed by atoms with Gasteiger partial charge in [0.05, 0.1) is 6.10 Å². The summed E-state index contributed by atoms with van der Waals surface area (Å²) in [5, 5.41) is 31.3. The van der Waals surface area contributed by atoms with E-state index in [4.69, 9.17) is 5.11 Å². The van der Waals surface area contributed by atoms with Gasteiger partial charge in [-0.3, -0.25) is 0 Å². The summed E-state index contributed by atoms with van der Waals surface area (Å²) in [6.45, 7) is 1.04. The Balaban J connectivity index is 1.80. The first-order chi connectivity index (χ1) is 7.66. The topological polar surface area (TPSA) is 72.7 Å².